The standard InChI is InChI=1S/C26H28ClN5O4/c1-3-22(33)31-13-5-4-6-17(15-31)32-24-19(9-10-20(23(24)27)36-18-7-8-18)29-26(32)30-25(34)16-11-12-28-21(14-16)35-2/h3,9-12,14,17-18H,1,4-8,13,15H2,2H3,(H,29,30,34). The quantitative estimate of drug-likeness (QED) is 0.466. The molecule has 5 rings (SSSR count). The summed E-state index contributed by atoms with van der Waals surface area (Å²) in [4.78, 5) is 36.3. The number of likely N-dealkylation sites (tertiary alicyclic amines) is 1. The predicted molar refractivity (Wildman–Crippen MR) is 137 cm³/mol. The van der Waals surface area contributed by atoms with Crippen LogP contribution in [0.15, 0.2) is 43.1 Å². The molecule has 36 heavy (non-hydrogen) atoms. The van der Waals surface area contributed by atoms with Crippen molar-refractivity contribution in [2.75, 3.05) is 25.5 Å². The van der Waals surface area contributed by atoms with Crippen LogP contribution in [-0.4, -0.2) is 57.6 Å². The molecule has 3 aromatic rings. The van der Waals surface area contributed by atoms with Crippen LogP contribution in [0, 0.1) is 0 Å². The molecule has 188 valence electrons. The topological polar surface area (TPSA) is 98.6 Å². The fourth-order valence-corrected chi connectivity index (χ4v) is 4.82. The molecular formula is C26H28ClN5O4. The molecule has 2 aliphatic rings. The molecule has 1 unspecified atom stereocenters. The number of methoxy groups -OCH3 is 1. The highest BCUT2D eigenvalue weighted by Crippen LogP contribution is 2.40. The molecule has 2 aromatic heterocycles. The molecule has 3 heterocycles. The van der Waals surface area contributed by atoms with Gasteiger partial charge >= 0.3 is 0 Å². The van der Waals surface area contributed by atoms with Crippen LogP contribution in [0.3, 0.4) is 0 Å². The van der Waals surface area contributed by atoms with Crippen LogP contribution >= 0.6 is 11.6 Å². The first-order chi connectivity index (χ1) is 17.5. The number of amides is 2. The van der Waals surface area contributed by atoms with E-state index in [0.29, 0.717) is 52.3 Å². The first-order valence-electron chi connectivity index (χ1n) is 12.1. The summed E-state index contributed by atoms with van der Waals surface area (Å²) in [6.07, 6.45) is 7.62. The number of aromatic nitrogens is 3. The van der Waals surface area contributed by atoms with Gasteiger partial charge in [0.25, 0.3) is 5.91 Å². The van der Waals surface area contributed by atoms with Gasteiger partial charge in [-0.05, 0) is 56.4 Å². The van der Waals surface area contributed by atoms with Crippen LogP contribution in [0.5, 0.6) is 11.6 Å². The number of anilines is 1. The Kier molecular flexibility index (Phi) is 6.82. The van der Waals surface area contributed by atoms with E-state index in [0.717, 1.165) is 32.1 Å². The van der Waals surface area contributed by atoms with E-state index in [9.17, 15) is 9.59 Å². The van der Waals surface area contributed by atoms with Crippen LogP contribution < -0.4 is 14.8 Å². The van der Waals surface area contributed by atoms with Crippen molar-refractivity contribution in [3.8, 4) is 11.6 Å². The highest BCUT2D eigenvalue weighted by molar-refractivity contribution is 6.36. The van der Waals surface area contributed by atoms with Crippen molar-refractivity contribution in [2.24, 2.45) is 0 Å². The summed E-state index contributed by atoms with van der Waals surface area (Å²) >= 11 is 6.89. The lowest BCUT2D eigenvalue weighted by Crippen LogP contribution is -2.34. The number of pyridine rings is 1. The number of ether oxygens (including phenoxy) is 2. The summed E-state index contributed by atoms with van der Waals surface area (Å²) in [5.41, 5.74) is 1.69. The number of carbonyl (C=O) groups is 2. The smallest absolute Gasteiger partial charge is 0.258 e. The Balaban J connectivity index is 1.58. The molecule has 9 nitrogen and oxygen atoms in total. The van der Waals surface area contributed by atoms with Gasteiger partial charge in [-0.2, -0.15) is 0 Å². The maximum atomic E-state index is 13.2. The molecule has 1 aliphatic carbocycles. The lowest BCUT2D eigenvalue weighted by Gasteiger charge is -2.26. The highest BCUT2D eigenvalue weighted by atomic mass is 35.5. The van der Waals surface area contributed by atoms with Gasteiger partial charge in [-0.1, -0.05) is 18.2 Å². The monoisotopic (exact) mass is 509 g/mol. The van der Waals surface area contributed by atoms with E-state index in [1.165, 1.54) is 19.4 Å². The van der Waals surface area contributed by atoms with Crippen molar-refractivity contribution in [1.82, 2.24) is 19.4 Å². The van der Waals surface area contributed by atoms with Gasteiger partial charge in [-0.25, -0.2) is 9.97 Å². The van der Waals surface area contributed by atoms with Gasteiger partial charge < -0.3 is 18.9 Å². The van der Waals surface area contributed by atoms with Gasteiger partial charge in [-0.15, -0.1) is 0 Å². The average molecular weight is 510 g/mol. The zero-order valence-corrected chi connectivity index (χ0v) is 20.8. The fraction of sp³-hybridized carbons (Fsp3) is 0.385. The number of hydrogen-bond donors (Lipinski definition) is 1. The first kappa shape index (κ1) is 24.1. The number of carbonyl (C=O) groups excluding carboxylic acids is 2. The second kappa shape index (κ2) is 10.2. The van der Waals surface area contributed by atoms with E-state index in [1.54, 1.807) is 17.0 Å². The zero-order chi connectivity index (χ0) is 25.2. The van der Waals surface area contributed by atoms with Gasteiger partial charge in [0.05, 0.1) is 30.3 Å². The number of benzene rings is 1. The summed E-state index contributed by atoms with van der Waals surface area (Å²) < 4.78 is 13.1. The SMILES string of the molecule is C=CC(=O)N1CCCCC(n2c(NC(=O)c3ccnc(OC)c3)nc3ccc(OC4CC4)c(Cl)c32)C1. The van der Waals surface area contributed by atoms with Gasteiger partial charge in [0, 0.05) is 30.9 Å². The Hall–Kier alpha value is -3.59. The van der Waals surface area contributed by atoms with Crippen molar-refractivity contribution in [2.45, 2.75) is 44.2 Å². The third kappa shape index (κ3) is 4.88. The number of halogens is 1. The molecule has 1 saturated heterocycles. The third-order valence-corrected chi connectivity index (χ3v) is 6.87. The van der Waals surface area contributed by atoms with Crippen molar-refractivity contribution < 1.29 is 19.1 Å². The number of nitrogens with zero attached hydrogens (tertiary/aromatic N) is 4. The van der Waals surface area contributed by atoms with Gasteiger partial charge in [0.1, 0.15) is 10.8 Å². The third-order valence-electron chi connectivity index (χ3n) is 6.50. The number of nitrogens with one attached hydrogen (secondary N) is 1. The summed E-state index contributed by atoms with van der Waals surface area (Å²) in [6, 6.07) is 6.68. The number of hydrogen-bond acceptors (Lipinski definition) is 6. The molecule has 1 aromatic carbocycles. The minimum absolute atomic E-state index is 0.121. The first-order valence-corrected chi connectivity index (χ1v) is 12.5. The number of fused-ring (bicyclic) bond motifs is 1. The molecule has 0 spiro atoms. The molecule has 0 bridgehead atoms. The summed E-state index contributed by atoms with van der Waals surface area (Å²) in [6.45, 7) is 4.75. The van der Waals surface area contributed by atoms with E-state index in [2.05, 4.69) is 16.9 Å². The second-order valence-electron chi connectivity index (χ2n) is 9.05. The van der Waals surface area contributed by atoms with E-state index in [4.69, 9.17) is 26.1 Å². The summed E-state index contributed by atoms with van der Waals surface area (Å²) in [5.74, 6) is 0.810. The summed E-state index contributed by atoms with van der Waals surface area (Å²) in [7, 11) is 1.50. The molecule has 1 aliphatic heterocycles. The van der Waals surface area contributed by atoms with E-state index in [-0.39, 0.29) is 24.0 Å². The van der Waals surface area contributed by atoms with Crippen molar-refractivity contribution in [3.63, 3.8) is 0 Å². The van der Waals surface area contributed by atoms with Crippen LogP contribution in [0.25, 0.3) is 11.0 Å². The molecule has 2 fully saturated rings. The molecule has 1 atom stereocenters. The van der Waals surface area contributed by atoms with Gasteiger partial charge in [-0.3, -0.25) is 14.9 Å². The number of rotatable bonds is 7. The van der Waals surface area contributed by atoms with Crippen LogP contribution in [0.4, 0.5) is 5.95 Å². The van der Waals surface area contributed by atoms with Crippen LogP contribution in [0.1, 0.15) is 48.5 Å². The van der Waals surface area contributed by atoms with Crippen molar-refractivity contribution in [3.05, 3.63) is 53.7 Å². The Bertz CT molecular complexity index is 1320. The minimum Gasteiger partial charge on any atom is -0.489 e. The maximum Gasteiger partial charge on any atom is 0.258 e. The van der Waals surface area contributed by atoms with Gasteiger partial charge in [0.15, 0.2) is 0 Å². The zero-order valence-electron chi connectivity index (χ0n) is 20.1. The maximum absolute atomic E-state index is 13.2. The Labute approximate surface area is 214 Å². The van der Waals surface area contributed by atoms with Crippen molar-refractivity contribution >= 4 is 40.4 Å². The lowest BCUT2D eigenvalue weighted by atomic mass is 10.1. The second-order valence-corrected chi connectivity index (χ2v) is 9.42. The molecule has 1 N–H and O–H groups in total. The molecule has 0 radical (unpaired) electrons. The molecular weight excluding hydrogens is 482 g/mol. The average Bonchev–Trinajstić information content (AvgIpc) is 3.68. The van der Waals surface area contributed by atoms with E-state index < -0.39 is 0 Å². The predicted octanol–water partition coefficient (Wildman–Crippen LogP) is 4.63. The van der Waals surface area contributed by atoms with E-state index >= 15 is 0 Å². The van der Waals surface area contributed by atoms with Crippen LogP contribution in [-0.2, 0) is 4.79 Å². The normalized spacial score (nSPS) is 17.9. The molecule has 10 heteroatoms. The largest absolute Gasteiger partial charge is 0.489 e. The Morgan fingerprint density at radius 3 is 2.81 bits per heavy atom. The van der Waals surface area contributed by atoms with Crippen LogP contribution in [0.2, 0.25) is 5.02 Å². The fourth-order valence-electron chi connectivity index (χ4n) is 4.52. The summed E-state index contributed by atoms with van der Waals surface area (Å²) in [5, 5.41) is 3.40. The Morgan fingerprint density at radius 1 is 1.22 bits per heavy atom. The van der Waals surface area contributed by atoms with Gasteiger partial charge in [0.2, 0.25) is 17.7 Å². The minimum atomic E-state index is -0.356. The molecule has 1 saturated carbocycles. The highest BCUT2D eigenvalue weighted by Gasteiger charge is 2.30. The Morgan fingerprint density at radius 2 is 2.06 bits per heavy atom. The lowest BCUT2D eigenvalue weighted by molar-refractivity contribution is -0.126. The van der Waals surface area contributed by atoms with Crippen molar-refractivity contribution in [1.29, 1.82) is 0 Å². The van der Waals surface area contributed by atoms with E-state index in [1.807, 2.05) is 16.7 Å². The number of imidazole rings is 1. The molecule has 2 amide bonds.